The van der Waals surface area contributed by atoms with Crippen LogP contribution in [-0.2, 0) is 0 Å². The molecule has 0 aliphatic heterocycles. The molecule has 3 N–H and O–H groups in total. The molecule has 2 nitrogen and oxygen atoms in total. The first-order valence-electron chi connectivity index (χ1n) is 5.47. The van der Waals surface area contributed by atoms with Crippen LogP contribution in [0.4, 0.5) is 0 Å². The predicted octanol–water partition coefficient (Wildman–Crippen LogP) is 1.89. The second-order valence-electron chi connectivity index (χ2n) is 5.27. The van der Waals surface area contributed by atoms with Gasteiger partial charge in [-0.3, -0.25) is 0 Å². The van der Waals surface area contributed by atoms with Gasteiger partial charge in [-0.25, -0.2) is 0 Å². The van der Waals surface area contributed by atoms with Gasteiger partial charge in [-0.1, -0.05) is 6.92 Å². The van der Waals surface area contributed by atoms with E-state index >= 15 is 0 Å². The molecular weight excluding hydrogens is 160 g/mol. The van der Waals surface area contributed by atoms with E-state index in [0.717, 1.165) is 13.0 Å². The van der Waals surface area contributed by atoms with Crippen molar-refractivity contribution in [3.05, 3.63) is 0 Å². The van der Waals surface area contributed by atoms with E-state index in [4.69, 9.17) is 5.73 Å². The molecule has 0 bridgehead atoms. The van der Waals surface area contributed by atoms with Crippen LogP contribution >= 0.6 is 0 Å². The Morgan fingerprint density at radius 2 is 2.00 bits per heavy atom. The standard InChI is InChI=1S/C11H24N2/c1-4-11(5-6-11)9-13-8-7-10(2,3)12/h13H,4-9,12H2,1-3H3. The summed E-state index contributed by atoms with van der Waals surface area (Å²) in [7, 11) is 0. The average Bonchev–Trinajstić information content (AvgIpc) is 2.78. The number of hydrogen-bond donors (Lipinski definition) is 2. The Hall–Kier alpha value is -0.0800. The molecule has 0 heterocycles. The lowest BCUT2D eigenvalue weighted by molar-refractivity contribution is 0.406. The molecule has 0 saturated heterocycles. The summed E-state index contributed by atoms with van der Waals surface area (Å²) < 4.78 is 0. The van der Waals surface area contributed by atoms with Crippen LogP contribution in [-0.4, -0.2) is 18.6 Å². The van der Waals surface area contributed by atoms with Gasteiger partial charge in [0.05, 0.1) is 0 Å². The molecule has 0 radical (unpaired) electrons. The highest BCUT2D eigenvalue weighted by molar-refractivity contribution is 4.93. The number of rotatable bonds is 6. The van der Waals surface area contributed by atoms with Crippen LogP contribution in [0.15, 0.2) is 0 Å². The largest absolute Gasteiger partial charge is 0.326 e. The van der Waals surface area contributed by atoms with Gasteiger partial charge in [0, 0.05) is 12.1 Å². The fraction of sp³-hybridized carbons (Fsp3) is 1.00. The molecule has 0 aromatic heterocycles. The van der Waals surface area contributed by atoms with E-state index in [1.807, 2.05) is 0 Å². The van der Waals surface area contributed by atoms with E-state index in [-0.39, 0.29) is 5.54 Å². The van der Waals surface area contributed by atoms with E-state index in [1.165, 1.54) is 25.8 Å². The first-order valence-corrected chi connectivity index (χ1v) is 5.47. The van der Waals surface area contributed by atoms with Crippen LogP contribution < -0.4 is 11.1 Å². The van der Waals surface area contributed by atoms with Crippen LogP contribution in [0.1, 0.15) is 46.5 Å². The van der Waals surface area contributed by atoms with Crippen molar-refractivity contribution < 1.29 is 0 Å². The summed E-state index contributed by atoms with van der Waals surface area (Å²) in [6, 6.07) is 0. The molecule has 2 heteroatoms. The van der Waals surface area contributed by atoms with Crippen LogP contribution in [0, 0.1) is 5.41 Å². The van der Waals surface area contributed by atoms with Crippen molar-refractivity contribution in [2.24, 2.45) is 11.1 Å². The Labute approximate surface area is 82.3 Å². The molecule has 1 rings (SSSR count). The van der Waals surface area contributed by atoms with E-state index < -0.39 is 0 Å². The maximum atomic E-state index is 5.89. The number of hydrogen-bond acceptors (Lipinski definition) is 2. The lowest BCUT2D eigenvalue weighted by Gasteiger charge is -2.20. The summed E-state index contributed by atoms with van der Waals surface area (Å²) in [5.74, 6) is 0. The van der Waals surface area contributed by atoms with E-state index in [9.17, 15) is 0 Å². The summed E-state index contributed by atoms with van der Waals surface area (Å²) in [5.41, 5.74) is 6.54. The third-order valence-corrected chi connectivity index (χ3v) is 3.15. The molecule has 1 aliphatic rings. The minimum Gasteiger partial charge on any atom is -0.326 e. The lowest BCUT2D eigenvalue weighted by atomic mass is 10.0. The predicted molar refractivity (Wildman–Crippen MR) is 57.7 cm³/mol. The normalized spacial score (nSPS) is 20.3. The fourth-order valence-electron chi connectivity index (χ4n) is 1.60. The summed E-state index contributed by atoms with van der Waals surface area (Å²) >= 11 is 0. The smallest absolute Gasteiger partial charge is 0.0109 e. The van der Waals surface area contributed by atoms with Gasteiger partial charge in [0.1, 0.15) is 0 Å². The third-order valence-electron chi connectivity index (χ3n) is 3.15. The highest BCUT2D eigenvalue weighted by Gasteiger charge is 2.39. The average molecular weight is 184 g/mol. The molecule has 1 saturated carbocycles. The van der Waals surface area contributed by atoms with Gasteiger partial charge in [-0.2, -0.15) is 0 Å². The first-order chi connectivity index (χ1) is 5.97. The maximum absolute atomic E-state index is 5.89. The van der Waals surface area contributed by atoms with E-state index in [2.05, 4.69) is 26.1 Å². The Kier molecular flexibility index (Phi) is 3.36. The van der Waals surface area contributed by atoms with Gasteiger partial charge in [0.25, 0.3) is 0 Å². The summed E-state index contributed by atoms with van der Waals surface area (Å²) in [5, 5.41) is 3.52. The Bertz CT molecular complexity index is 154. The van der Waals surface area contributed by atoms with Gasteiger partial charge in [0.2, 0.25) is 0 Å². The van der Waals surface area contributed by atoms with Crippen LogP contribution in [0.3, 0.4) is 0 Å². The van der Waals surface area contributed by atoms with Crippen molar-refractivity contribution in [3.8, 4) is 0 Å². The van der Waals surface area contributed by atoms with E-state index in [0.29, 0.717) is 5.41 Å². The Balaban J connectivity index is 2.02. The summed E-state index contributed by atoms with van der Waals surface area (Å²) in [6.45, 7) is 8.72. The second kappa shape index (κ2) is 3.97. The fourth-order valence-corrected chi connectivity index (χ4v) is 1.60. The molecule has 1 fully saturated rings. The van der Waals surface area contributed by atoms with E-state index in [1.54, 1.807) is 0 Å². The molecule has 13 heavy (non-hydrogen) atoms. The number of nitrogens with two attached hydrogens (primary N) is 1. The summed E-state index contributed by atoms with van der Waals surface area (Å²) in [4.78, 5) is 0. The molecule has 0 amide bonds. The van der Waals surface area contributed by atoms with Gasteiger partial charge in [0.15, 0.2) is 0 Å². The molecule has 0 unspecified atom stereocenters. The van der Waals surface area contributed by atoms with Crippen molar-refractivity contribution in [3.63, 3.8) is 0 Å². The van der Waals surface area contributed by atoms with Crippen molar-refractivity contribution >= 4 is 0 Å². The minimum absolute atomic E-state index is 0.0179. The summed E-state index contributed by atoms with van der Waals surface area (Å²) in [6.07, 6.45) is 5.23. The van der Waals surface area contributed by atoms with Crippen molar-refractivity contribution in [1.82, 2.24) is 5.32 Å². The van der Waals surface area contributed by atoms with Crippen molar-refractivity contribution in [2.75, 3.05) is 13.1 Å². The molecule has 0 spiro atoms. The molecule has 0 aromatic rings. The third kappa shape index (κ3) is 4.10. The quantitative estimate of drug-likeness (QED) is 0.619. The zero-order valence-corrected chi connectivity index (χ0v) is 9.32. The zero-order valence-electron chi connectivity index (χ0n) is 9.32. The van der Waals surface area contributed by atoms with Crippen LogP contribution in [0.2, 0.25) is 0 Å². The van der Waals surface area contributed by atoms with Crippen molar-refractivity contribution in [1.29, 1.82) is 0 Å². The molecular formula is C11H24N2. The topological polar surface area (TPSA) is 38.0 Å². The minimum atomic E-state index is -0.0179. The molecule has 0 atom stereocenters. The molecule has 1 aliphatic carbocycles. The molecule has 78 valence electrons. The Morgan fingerprint density at radius 1 is 1.38 bits per heavy atom. The second-order valence-corrected chi connectivity index (χ2v) is 5.27. The van der Waals surface area contributed by atoms with Crippen LogP contribution in [0.5, 0.6) is 0 Å². The van der Waals surface area contributed by atoms with Gasteiger partial charge in [-0.15, -0.1) is 0 Å². The Morgan fingerprint density at radius 3 is 2.38 bits per heavy atom. The van der Waals surface area contributed by atoms with Crippen molar-refractivity contribution in [2.45, 2.75) is 52.0 Å². The molecule has 0 aromatic carbocycles. The number of nitrogens with one attached hydrogen (secondary N) is 1. The van der Waals surface area contributed by atoms with Crippen LogP contribution in [0.25, 0.3) is 0 Å². The van der Waals surface area contributed by atoms with Gasteiger partial charge >= 0.3 is 0 Å². The maximum Gasteiger partial charge on any atom is 0.0109 e. The zero-order chi connectivity index (χ0) is 9.95. The first kappa shape index (κ1) is 11.0. The lowest BCUT2D eigenvalue weighted by Crippen LogP contribution is -2.37. The van der Waals surface area contributed by atoms with Gasteiger partial charge < -0.3 is 11.1 Å². The highest BCUT2D eigenvalue weighted by Crippen LogP contribution is 2.47. The van der Waals surface area contributed by atoms with Gasteiger partial charge in [-0.05, 0) is 51.5 Å². The monoisotopic (exact) mass is 184 g/mol. The SMILES string of the molecule is CCC1(CNCCC(C)(C)N)CC1. The highest BCUT2D eigenvalue weighted by atomic mass is 14.9.